The van der Waals surface area contributed by atoms with Crippen LogP contribution in [0.3, 0.4) is 0 Å². The highest BCUT2D eigenvalue weighted by atomic mass is 19.1. The second kappa shape index (κ2) is 10.0. The number of nitrogen functional groups attached to an aromatic ring is 1. The van der Waals surface area contributed by atoms with Crippen LogP contribution in [0.4, 0.5) is 10.2 Å². The van der Waals surface area contributed by atoms with Crippen LogP contribution < -0.4 is 15.8 Å². The Bertz CT molecular complexity index is 1060. The lowest BCUT2D eigenvalue weighted by Crippen LogP contribution is -2.24. The van der Waals surface area contributed by atoms with Gasteiger partial charge in [0.1, 0.15) is 24.0 Å². The molecule has 0 aliphatic rings. The van der Waals surface area contributed by atoms with Gasteiger partial charge in [0.05, 0.1) is 11.6 Å². The van der Waals surface area contributed by atoms with Crippen molar-refractivity contribution in [3.63, 3.8) is 0 Å². The lowest BCUT2D eigenvalue weighted by Gasteiger charge is -2.10. The molecule has 1 amide bonds. The van der Waals surface area contributed by atoms with E-state index in [-0.39, 0.29) is 17.5 Å². The Morgan fingerprint density at radius 1 is 1.13 bits per heavy atom. The van der Waals surface area contributed by atoms with Gasteiger partial charge in [-0.25, -0.2) is 9.37 Å². The number of aromatic nitrogens is 1. The molecule has 0 spiro atoms. The number of hydrogen-bond donors (Lipinski definition) is 2. The summed E-state index contributed by atoms with van der Waals surface area (Å²) < 4.78 is 18.7. The fraction of sp³-hybridized carbons (Fsp3) is 0.174. The first kappa shape index (κ1) is 20.8. The summed E-state index contributed by atoms with van der Waals surface area (Å²) in [6, 6.07) is 18.9. The van der Waals surface area contributed by atoms with Gasteiger partial charge in [-0.15, -0.1) is 0 Å². The standard InChI is InChI=1S/C23H21FN4O2/c24-18-3-1-5-20(13-18)30-15-17-8-6-16(7-9-17)14-27-23(29)21-11-10-19(4-2-12-25)28-22(21)26/h1,3,5-11,13H,2,4,14-15H2,(H2,26,28)(H,27,29). The number of rotatable bonds is 8. The average molecular weight is 404 g/mol. The quantitative estimate of drug-likeness (QED) is 0.595. The predicted octanol–water partition coefficient (Wildman–Crippen LogP) is 3.77. The van der Waals surface area contributed by atoms with Gasteiger partial charge in [0, 0.05) is 31.1 Å². The fourth-order valence-electron chi connectivity index (χ4n) is 2.79. The first-order chi connectivity index (χ1) is 14.5. The smallest absolute Gasteiger partial charge is 0.255 e. The molecule has 0 radical (unpaired) electrons. The van der Waals surface area contributed by atoms with Crippen LogP contribution >= 0.6 is 0 Å². The van der Waals surface area contributed by atoms with E-state index in [0.717, 1.165) is 11.1 Å². The summed E-state index contributed by atoms with van der Waals surface area (Å²) in [5.41, 5.74) is 8.70. The summed E-state index contributed by atoms with van der Waals surface area (Å²) in [5, 5.41) is 11.5. The number of anilines is 1. The van der Waals surface area contributed by atoms with Crippen molar-refractivity contribution in [2.24, 2.45) is 0 Å². The lowest BCUT2D eigenvalue weighted by molar-refractivity contribution is 0.0951. The second-order valence-electron chi connectivity index (χ2n) is 6.64. The number of ether oxygens (including phenoxy) is 1. The Morgan fingerprint density at radius 2 is 1.90 bits per heavy atom. The van der Waals surface area contributed by atoms with Gasteiger partial charge in [0.15, 0.2) is 0 Å². The van der Waals surface area contributed by atoms with Gasteiger partial charge in [-0.05, 0) is 35.4 Å². The largest absolute Gasteiger partial charge is 0.489 e. The van der Waals surface area contributed by atoms with E-state index in [1.54, 1.807) is 24.3 Å². The van der Waals surface area contributed by atoms with Gasteiger partial charge in [-0.2, -0.15) is 5.26 Å². The van der Waals surface area contributed by atoms with E-state index >= 15 is 0 Å². The number of aryl methyl sites for hydroxylation is 1. The van der Waals surface area contributed by atoms with E-state index in [9.17, 15) is 9.18 Å². The molecule has 0 aliphatic heterocycles. The normalized spacial score (nSPS) is 10.3. The van der Waals surface area contributed by atoms with Crippen LogP contribution in [0.25, 0.3) is 0 Å². The molecule has 0 saturated heterocycles. The molecule has 6 nitrogen and oxygen atoms in total. The van der Waals surface area contributed by atoms with Gasteiger partial charge in [0.2, 0.25) is 0 Å². The van der Waals surface area contributed by atoms with Crippen molar-refractivity contribution in [3.8, 4) is 11.8 Å². The fourth-order valence-corrected chi connectivity index (χ4v) is 2.79. The number of carbonyl (C=O) groups is 1. The number of pyridine rings is 1. The van der Waals surface area contributed by atoms with Crippen LogP contribution in [0.1, 0.15) is 33.6 Å². The van der Waals surface area contributed by atoms with Crippen molar-refractivity contribution >= 4 is 11.7 Å². The highest BCUT2D eigenvalue weighted by Crippen LogP contribution is 2.15. The van der Waals surface area contributed by atoms with Crippen LogP contribution in [0, 0.1) is 17.1 Å². The number of benzene rings is 2. The van der Waals surface area contributed by atoms with E-state index in [2.05, 4.69) is 16.4 Å². The van der Waals surface area contributed by atoms with Crippen molar-refractivity contribution < 1.29 is 13.9 Å². The van der Waals surface area contributed by atoms with Crippen molar-refractivity contribution in [3.05, 3.63) is 88.9 Å². The molecule has 0 fully saturated rings. The molecule has 30 heavy (non-hydrogen) atoms. The van der Waals surface area contributed by atoms with Crippen LogP contribution in [0.15, 0.2) is 60.7 Å². The molecule has 3 N–H and O–H groups in total. The highest BCUT2D eigenvalue weighted by molar-refractivity contribution is 5.98. The maximum Gasteiger partial charge on any atom is 0.255 e. The third-order valence-electron chi connectivity index (χ3n) is 4.40. The van der Waals surface area contributed by atoms with E-state index in [1.165, 1.54) is 12.1 Å². The number of nitrogens with one attached hydrogen (secondary N) is 1. The minimum Gasteiger partial charge on any atom is -0.489 e. The Kier molecular flexibility index (Phi) is 6.95. The van der Waals surface area contributed by atoms with Crippen LogP contribution in [-0.2, 0) is 19.6 Å². The number of nitrogens with two attached hydrogens (primary N) is 1. The minimum absolute atomic E-state index is 0.146. The third kappa shape index (κ3) is 5.79. The first-order valence-electron chi connectivity index (χ1n) is 9.42. The van der Waals surface area contributed by atoms with Crippen molar-refractivity contribution in [2.75, 3.05) is 5.73 Å². The summed E-state index contributed by atoms with van der Waals surface area (Å²) in [5.74, 6) is -0.0412. The van der Waals surface area contributed by atoms with Crippen LogP contribution in [-0.4, -0.2) is 10.9 Å². The highest BCUT2D eigenvalue weighted by Gasteiger charge is 2.11. The molecular formula is C23H21FN4O2. The Labute approximate surface area is 174 Å². The molecule has 1 heterocycles. The molecule has 0 unspecified atom stereocenters. The SMILES string of the molecule is N#CCCc1ccc(C(=O)NCc2ccc(COc3cccc(F)c3)cc2)c(N)n1. The van der Waals surface area contributed by atoms with Crippen molar-refractivity contribution in [2.45, 2.75) is 26.0 Å². The van der Waals surface area contributed by atoms with E-state index in [0.29, 0.717) is 43.0 Å². The molecule has 1 aromatic heterocycles. The minimum atomic E-state index is -0.341. The lowest BCUT2D eigenvalue weighted by atomic mass is 10.1. The average Bonchev–Trinajstić information content (AvgIpc) is 2.75. The molecule has 2 aromatic carbocycles. The molecule has 7 heteroatoms. The molecule has 0 aliphatic carbocycles. The van der Waals surface area contributed by atoms with E-state index in [4.69, 9.17) is 15.7 Å². The maximum absolute atomic E-state index is 13.2. The summed E-state index contributed by atoms with van der Waals surface area (Å²) in [6.07, 6.45) is 0.846. The second-order valence-corrected chi connectivity index (χ2v) is 6.64. The molecule has 0 bridgehead atoms. The number of nitriles is 1. The van der Waals surface area contributed by atoms with Gasteiger partial charge in [-0.1, -0.05) is 30.3 Å². The van der Waals surface area contributed by atoms with E-state index < -0.39 is 0 Å². The van der Waals surface area contributed by atoms with Gasteiger partial charge < -0.3 is 15.8 Å². The zero-order chi connectivity index (χ0) is 21.3. The predicted molar refractivity (Wildman–Crippen MR) is 111 cm³/mol. The molecular weight excluding hydrogens is 383 g/mol. The number of carbonyl (C=O) groups excluding carboxylic acids is 1. The van der Waals surface area contributed by atoms with Gasteiger partial charge in [-0.3, -0.25) is 4.79 Å². The van der Waals surface area contributed by atoms with E-state index in [1.807, 2.05) is 24.3 Å². The number of hydrogen-bond acceptors (Lipinski definition) is 5. The van der Waals surface area contributed by atoms with Crippen molar-refractivity contribution in [1.82, 2.24) is 10.3 Å². The number of amides is 1. The number of halogens is 1. The molecule has 0 saturated carbocycles. The molecule has 152 valence electrons. The van der Waals surface area contributed by atoms with Crippen molar-refractivity contribution in [1.29, 1.82) is 5.26 Å². The third-order valence-corrected chi connectivity index (χ3v) is 4.40. The van der Waals surface area contributed by atoms with Gasteiger partial charge >= 0.3 is 0 Å². The zero-order valence-corrected chi connectivity index (χ0v) is 16.3. The molecule has 3 rings (SSSR count). The maximum atomic E-state index is 13.2. The summed E-state index contributed by atoms with van der Waals surface area (Å²) in [6.45, 7) is 0.649. The summed E-state index contributed by atoms with van der Waals surface area (Å²) >= 11 is 0. The molecule has 3 aromatic rings. The monoisotopic (exact) mass is 404 g/mol. The number of nitrogens with zero attached hydrogens (tertiary/aromatic N) is 2. The summed E-state index contributed by atoms with van der Waals surface area (Å²) in [7, 11) is 0. The van der Waals surface area contributed by atoms with Crippen LogP contribution in [0.5, 0.6) is 5.75 Å². The Morgan fingerprint density at radius 3 is 2.60 bits per heavy atom. The summed E-state index contributed by atoms with van der Waals surface area (Å²) in [4.78, 5) is 16.6. The Balaban J connectivity index is 1.52. The Hall–Kier alpha value is -3.92. The zero-order valence-electron chi connectivity index (χ0n) is 16.3. The topological polar surface area (TPSA) is 101 Å². The molecule has 0 atom stereocenters. The van der Waals surface area contributed by atoms with Crippen LogP contribution in [0.2, 0.25) is 0 Å². The first-order valence-corrected chi connectivity index (χ1v) is 9.42. The van der Waals surface area contributed by atoms with Gasteiger partial charge in [0.25, 0.3) is 5.91 Å².